The monoisotopic (exact) mass is 722 g/mol. The minimum atomic E-state index is -0.252. The number of rotatable bonds is 9. The van der Waals surface area contributed by atoms with Crippen molar-refractivity contribution in [3.8, 4) is 22.3 Å². The normalized spacial score (nSPS) is 17.9. The molecule has 0 unspecified atom stereocenters. The summed E-state index contributed by atoms with van der Waals surface area (Å²) in [5.74, 6) is -0.110. The van der Waals surface area contributed by atoms with Crippen molar-refractivity contribution in [2.45, 2.75) is 38.8 Å². The molecule has 11 nitrogen and oxygen atoms in total. The second-order valence-electron chi connectivity index (χ2n) is 12.7. The molecule has 2 atom stereocenters. The first-order valence-corrected chi connectivity index (χ1v) is 17.4. The van der Waals surface area contributed by atoms with Gasteiger partial charge in [0.05, 0.1) is 49.8 Å². The average Bonchev–Trinajstić information content (AvgIpc) is 3.80. The van der Waals surface area contributed by atoms with Crippen LogP contribution in [0.25, 0.3) is 22.3 Å². The average molecular weight is 723 g/mol. The summed E-state index contributed by atoms with van der Waals surface area (Å²) in [6.07, 6.45) is 1.21. The molecule has 2 N–H and O–H groups in total. The lowest BCUT2D eigenvalue weighted by molar-refractivity contribution is 0.0631. The number of amides is 2. The minimum absolute atomic E-state index is 0.00955. The Balaban J connectivity index is 0.000000226. The van der Waals surface area contributed by atoms with Gasteiger partial charge in [-0.3, -0.25) is 9.59 Å². The van der Waals surface area contributed by atoms with Crippen molar-refractivity contribution in [2.75, 3.05) is 54.7 Å². The molecule has 2 amide bonds. The van der Waals surface area contributed by atoms with E-state index < -0.39 is 0 Å². The Morgan fingerprint density at radius 2 is 1.04 bits per heavy atom. The molecule has 2 saturated heterocycles. The van der Waals surface area contributed by atoms with E-state index in [9.17, 15) is 14.7 Å². The van der Waals surface area contributed by atoms with Crippen LogP contribution in [0.15, 0.2) is 107 Å². The number of aryl methyl sites for hydroxylation is 2. The maximum absolute atomic E-state index is 13.0. The number of aliphatic hydroxyl groups is 2. The van der Waals surface area contributed by atoms with Crippen LogP contribution in [0.4, 0.5) is 0 Å². The largest absolute Gasteiger partial charge is 0.400 e. The summed E-state index contributed by atoms with van der Waals surface area (Å²) in [4.78, 5) is 38.9. The van der Waals surface area contributed by atoms with Crippen molar-refractivity contribution in [1.82, 2.24) is 9.80 Å². The molecule has 53 heavy (non-hydrogen) atoms. The van der Waals surface area contributed by atoms with E-state index in [4.69, 9.17) is 19.5 Å². The smallest absolute Gasteiger partial charge is 0.254 e. The number of methoxy groups -OCH3 is 1. The van der Waals surface area contributed by atoms with Crippen LogP contribution in [0, 0.1) is 13.8 Å². The van der Waals surface area contributed by atoms with E-state index in [1.54, 1.807) is 12.0 Å². The van der Waals surface area contributed by atoms with Gasteiger partial charge in [0.25, 0.3) is 11.8 Å². The van der Waals surface area contributed by atoms with Crippen molar-refractivity contribution in [1.29, 1.82) is 0 Å². The molecule has 0 aliphatic carbocycles. The number of carbonyl (C=O) groups is 2. The number of aliphatic hydroxyl groups excluding tert-OH is 2. The number of nitrogens with zero attached hydrogens (tertiary/aromatic N) is 4. The molecule has 0 spiro atoms. The fourth-order valence-electron chi connectivity index (χ4n) is 6.62. The van der Waals surface area contributed by atoms with E-state index in [-0.39, 0.29) is 30.5 Å². The SMILES string of the molecule is CO.CO/N=C1/C[C@@H](CO)N(C(=O)c2ccc(-c3ccccc3C)cc2)C1.COC[C@@H]1C/C(=N/OC)CN1C(=O)c1ccc(-c2ccccc2C)cc1. The Morgan fingerprint density at radius 3 is 1.42 bits per heavy atom. The van der Waals surface area contributed by atoms with Crippen molar-refractivity contribution < 1.29 is 34.2 Å². The van der Waals surface area contributed by atoms with Crippen molar-refractivity contribution in [3.05, 3.63) is 119 Å². The third-order valence-electron chi connectivity index (χ3n) is 9.24. The molecule has 0 aromatic heterocycles. The molecule has 2 aliphatic heterocycles. The number of carbonyl (C=O) groups excluding carboxylic acids is 2. The molecule has 0 bridgehead atoms. The first-order chi connectivity index (χ1) is 25.8. The Bertz CT molecular complexity index is 1860. The number of likely N-dealkylation sites (tertiary alicyclic amines) is 2. The molecule has 11 heteroatoms. The van der Waals surface area contributed by atoms with Gasteiger partial charge in [0.1, 0.15) is 14.2 Å². The lowest BCUT2D eigenvalue weighted by atomic mass is 9.99. The van der Waals surface area contributed by atoms with E-state index in [2.05, 4.69) is 48.4 Å². The molecule has 0 saturated carbocycles. The van der Waals surface area contributed by atoms with Gasteiger partial charge in [-0.25, -0.2) is 0 Å². The summed E-state index contributed by atoms with van der Waals surface area (Å²) >= 11 is 0. The van der Waals surface area contributed by atoms with Crippen LogP contribution in [0.1, 0.15) is 44.7 Å². The Kier molecular flexibility index (Phi) is 15.3. The van der Waals surface area contributed by atoms with Gasteiger partial charge in [0.15, 0.2) is 0 Å². The van der Waals surface area contributed by atoms with Crippen LogP contribution in [-0.2, 0) is 14.4 Å². The molecule has 280 valence electrons. The Labute approximate surface area is 312 Å². The molecule has 4 aromatic carbocycles. The van der Waals surface area contributed by atoms with Crippen LogP contribution in [0.2, 0.25) is 0 Å². The molecule has 2 heterocycles. The van der Waals surface area contributed by atoms with E-state index in [1.807, 2.05) is 77.7 Å². The third kappa shape index (κ3) is 10.2. The predicted molar refractivity (Wildman–Crippen MR) is 208 cm³/mol. The lowest BCUT2D eigenvalue weighted by Gasteiger charge is -2.23. The standard InChI is InChI=1S/C21H24N2O3.C20H22N2O3.CH4O/c1-15-6-4-5-7-20(15)16-8-10-17(11-9-16)21(24)23-13-18(22-26-3)12-19(23)14-25-2;1-14-5-3-4-6-19(14)15-7-9-16(10-8-15)20(24)22-12-17(21-25-2)11-18(22)13-23;1-2/h4-11,19H,12-14H2,1-3H3;3-10,18,23H,11-13H2,1-2H3;2H,1H3/b22-18-;21-17-;/t19-;18-;/m00./s1. The number of ether oxygens (including phenoxy) is 1. The molecule has 6 rings (SSSR count). The minimum Gasteiger partial charge on any atom is -0.400 e. The van der Waals surface area contributed by atoms with Crippen LogP contribution in [0.5, 0.6) is 0 Å². The van der Waals surface area contributed by atoms with E-state index in [0.717, 1.165) is 35.2 Å². The van der Waals surface area contributed by atoms with Gasteiger partial charge in [0, 0.05) is 38.2 Å². The molecule has 0 radical (unpaired) electrons. The maximum Gasteiger partial charge on any atom is 0.254 e. The Hall–Kier alpha value is -5.36. The van der Waals surface area contributed by atoms with Crippen LogP contribution >= 0.6 is 0 Å². The van der Waals surface area contributed by atoms with Gasteiger partial charge < -0.3 is 34.4 Å². The van der Waals surface area contributed by atoms with Crippen molar-refractivity contribution >= 4 is 23.2 Å². The summed E-state index contributed by atoms with van der Waals surface area (Å²) in [7, 11) is 5.65. The zero-order chi connectivity index (χ0) is 38.3. The number of oxime groups is 2. The van der Waals surface area contributed by atoms with Crippen LogP contribution < -0.4 is 0 Å². The number of benzene rings is 4. The van der Waals surface area contributed by atoms with Gasteiger partial charge in [-0.05, 0) is 71.5 Å². The van der Waals surface area contributed by atoms with Crippen molar-refractivity contribution in [2.24, 2.45) is 10.3 Å². The molecule has 2 aliphatic rings. The van der Waals surface area contributed by atoms with Crippen molar-refractivity contribution in [3.63, 3.8) is 0 Å². The van der Waals surface area contributed by atoms with Gasteiger partial charge in [-0.2, -0.15) is 0 Å². The predicted octanol–water partition coefficient (Wildman–Crippen LogP) is 6.01. The zero-order valence-corrected chi connectivity index (χ0v) is 31.4. The fraction of sp³-hybridized carbons (Fsp3) is 0.333. The van der Waals surface area contributed by atoms with Gasteiger partial charge in [0.2, 0.25) is 0 Å². The highest BCUT2D eigenvalue weighted by molar-refractivity contribution is 6.01. The van der Waals surface area contributed by atoms with Gasteiger partial charge >= 0.3 is 0 Å². The third-order valence-corrected chi connectivity index (χ3v) is 9.24. The number of hydrogen-bond donors (Lipinski definition) is 2. The van der Waals surface area contributed by atoms with Crippen LogP contribution in [0.3, 0.4) is 0 Å². The van der Waals surface area contributed by atoms with Gasteiger partial charge in [-0.15, -0.1) is 0 Å². The zero-order valence-electron chi connectivity index (χ0n) is 31.4. The highest BCUT2D eigenvalue weighted by Gasteiger charge is 2.34. The highest BCUT2D eigenvalue weighted by atomic mass is 16.6. The fourth-order valence-corrected chi connectivity index (χ4v) is 6.62. The summed E-state index contributed by atoms with van der Waals surface area (Å²) in [5, 5.41) is 24.5. The first kappa shape index (κ1) is 40.4. The summed E-state index contributed by atoms with van der Waals surface area (Å²) in [6, 6.07) is 31.5. The van der Waals surface area contributed by atoms with E-state index in [1.165, 1.54) is 30.9 Å². The van der Waals surface area contributed by atoms with E-state index in [0.29, 0.717) is 43.7 Å². The molecular formula is C42H50N4O7. The van der Waals surface area contributed by atoms with Crippen LogP contribution in [-0.4, -0.2) is 110 Å². The molecule has 4 aromatic rings. The topological polar surface area (TPSA) is 133 Å². The molecular weight excluding hydrogens is 672 g/mol. The lowest BCUT2D eigenvalue weighted by Crippen LogP contribution is -2.38. The molecule has 2 fully saturated rings. The first-order valence-electron chi connectivity index (χ1n) is 17.4. The summed E-state index contributed by atoms with van der Waals surface area (Å²) in [6.45, 7) is 5.41. The second-order valence-corrected chi connectivity index (χ2v) is 12.7. The van der Waals surface area contributed by atoms with Gasteiger partial charge in [-0.1, -0.05) is 83.1 Å². The second kappa shape index (κ2) is 20.0. The Morgan fingerprint density at radius 1 is 0.642 bits per heavy atom. The highest BCUT2D eigenvalue weighted by Crippen LogP contribution is 2.27. The van der Waals surface area contributed by atoms with E-state index >= 15 is 0 Å². The quantitative estimate of drug-likeness (QED) is 0.203. The summed E-state index contributed by atoms with van der Waals surface area (Å²) in [5.41, 5.74) is 9.84. The number of hydrogen-bond acceptors (Lipinski definition) is 9. The maximum atomic E-state index is 13.0. The summed E-state index contributed by atoms with van der Waals surface area (Å²) < 4.78 is 5.27.